The molecule has 2 rings (SSSR count). The van der Waals surface area contributed by atoms with E-state index in [9.17, 15) is 0 Å². The molecule has 0 saturated heterocycles. The number of aromatic nitrogens is 2. The summed E-state index contributed by atoms with van der Waals surface area (Å²) in [6.07, 6.45) is 0. The van der Waals surface area contributed by atoms with Gasteiger partial charge >= 0.3 is 0 Å². The monoisotopic (exact) mass is 287 g/mol. The Balaban J connectivity index is 2.29. The van der Waals surface area contributed by atoms with Crippen molar-refractivity contribution in [3.63, 3.8) is 0 Å². The zero-order chi connectivity index (χ0) is 15.2. The van der Waals surface area contributed by atoms with E-state index >= 15 is 0 Å². The molecule has 1 heterocycles. The summed E-state index contributed by atoms with van der Waals surface area (Å²) >= 11 is 0. The lowest BCUT2D eigenvalue weighted by atomic mass is 10.2. The highest BCUT2D eigenvalue weighted by Crippen LogP contribution is 2.24. The van der Waals surface area contributed by atoms with Crippen LogP contribution in [0.5, 0.6) is 11.6 Å². The average molecular weight is 287 g/mol. The largest absolute Gasteiger partial charge is 0.439 e. The summed E-state index contributed by atoms with van der Waals surface area (Å²) in [6, 6.07) is 9.10. The van der Waals surface area contributed by atoms with Gasteiger partial charge in [-0.05, 0) is 24.6 Å². The van der Waals surface area contributed by atoms with Crippen molar-refractivity contribution in [3.8, 4) is 11.6 Å². The summed E-state index contributed by atoms with van der Waals surface area (Å²) in [7, 11) is 0. The lowest BCUT2D eigenvalue weighted by Crippen LogP contribution is -2.05. The molecule has 0 bridgehead atoms. The number of hydrogen-bond acceptors (Lipinski definition) is 5. The van der Waals surface area contributed by atoms with Gasteiger partial charge in [0.05, 0.1) is 6.61 Å². The van der Waals surface area contributed by atoms with E-state index in [2.05, 4.69) is 15.3 Å². The maximum Gasteiger partial charge on any atom is 0.224 e. The van der Waals surface area contributed by atoms with Crippen molar-refractivity contribution in [2.24, 2.45) is 0 Å². The van der Waals surface area contributed by atoms with E-state index in [-0.39, 0.29) is 12.5 Å². The molecular formula is C16H21N3O2. The summed E-state index contributed by atoms with van der Waals surface area (Å²) in [4.78, 5) is 8.89. The van der Waals surface area contributed by atoms with Crippen LogP contribution in [0.3, 0.4) is 0 Å². The summed E-state index contributed by atoms with van der Waals surface area (Å²) in [5, 5.41) is 12.3. The zero-order valence-corrected chi connectivity index (χ0v) is 12.6. The van der Waals surface area contributed by atoms with E-state index in [1.54, 1.807) is 12.1 Å². The molecule has 0 amide bonds. The Morgan fingerprint density at radius 1 is 1.24 bits per heavy atom. The number of benzene rings is 1. The second-order valence-electron chi connectivity index (χ2n) is 5.04. The van der Waals surface area contributed by atoms with Crippen molar-refractivity contribution in [3.05, 3.63) is 41.7 Å². The maximum atomic E-state index is 9.17. The van der Waals surface area contributed by atoms with Gasteiger partial charge < -0.3 is 15.2 Å². The second-order valence-corrected chi connectivity index (χ2v) is 5.04. The third-order valence-electron chi connectivity index (χ3n) is 2.90. The molecule has 0 unspecified atom stereocenters. The van der Waals surface area contributed by atoms with Crippen molar-refractivity contribution < 1.29 is 9.84 Å². The molecule has 21 heavy (non-hydrogen) atoms. The van der Waals surface area contributed by atoms with Crippen LogP contribution in [0.15, 0.2) is 30.3 Å². The molecule has 112 valence electrons. The Morgan fingerprint density at radius 3 is 2.71 bits per heavy atom. The molecule has 1 aromatic carbocycles. The van der Waals surface area contributed by atoms with Crippen LogP contribution in [0.25, 0.3) is 0 Å². The number of aliphatic hydroxyl groups is 1. The van der Waals surface area contributed by atoms with E-state index in [4.69, 9.17) is 9.84 Å². The molecule has 0 aliphatic heterocycles. The Labute approximate surface area is 125 Å². The first-order valence-corrected chi connectivity index (χ1v) is 7.13. The molecule has 1 aromatic heterocycles. The molecule has 0 aliphatic carbocycles. The molecule has 0 saturated carbocycles. The van der Waals surface area contributed by atoms with Gasteiger partial charge in [0.15, 0.2) is 0 Å². The normalized spacial score (nSPS) is 10.7. The first-order chi connectivity index (χ1) is 10.1. The van der Waals surface area contributed by atoms with Crippen molar-refractivity contribution in [1.82, 2.24) is 9.97 Å². The fraction of sp³-hybridized carbons (Fsp3) is 0.375. The molecule has 2 aromatic rings. The van der Waals surface area contributed by atoms with Crippen LogP contribution >= 0.6 is 0 Å². The van der Waals surface area contributed by atoms with E-state index in [1.807, 2.05) is 39.0 Å². The van der Waals surface area contributed by atoms with Crippen LogP contribution in [0.2, 0.25) is 0 Å². The van der Waals surface area contributed by atoms with Gasteiger partial charge in [-0.2, -0.15) is 4.98 Å². The lowest BCUT2D eigenvalue weighted by molar-refractivity contribution is 0.281. The summed E-state index contributed by atoms with van der Waals surface area (Å²) in [6.45, 7) is 6.87. The van der Waals surface area contributed by atoms with E-state index in [0.29, 0.717) is 11.6 Å². The van der Waals surface area contributed by atoms with Gasteiger partial charge in [0.1, 0.15) is 17.4 Å². The van der Waals surface area contributed by atoms with Crippen molar-refractivity contribution in [2.45, 2.75) is 33.3 Å². The minimum atomic E-state index is -0.0130. The number of hydrogen-bond donors (Lipinski definition) is 2. The van der Waals surface area contributed by atoms with Crippen LogP contribution in [0.4, 0.5) is 5.82 Å². The highest BCUT2D eigenvalue weighted by atomic mass is 16.5. The maximum absolute atomic E-state index is 9.17. The summed E-state index contributed by atoms with van der Waals surface area (Å²) < 4.78 is 5.80. The smallest absolute Gasteiger partial charge is 0.224 e. The van der Waals surface area contributed by atoms with E-state index in [1.165, 1.54) is 0 Å². The summed E-state index contributed by atoms with van der Waals surface area (Å²) in [5.74, 6) is 2.86. The Morgan fingerprint density at radius 2 is 2.05 bits per heavy atom. The molecule has 0 aliphatic rings. The van der Waals surface area contributed by atoms with E-state index in [0.717, 1.165) is 23.8 Å². The number of nitrogens with one attached hydrogen (secondary N) is 1. The van der Waals surface area contributed by atoms with Crippen molar-refractivity contribution in [1.29, 1.82) is 0 Å². The van der Waals surface area contributed by atoms with Gasteiger partial charge in [-0.15, -0.1) is 0 Å². The highest BCUT2D eigenvalue weighted by Gasteiger charge is 2.09. The number of nitrogens with zero attached hydrogens (tertiary/aromatic N) is 2. The second kappa shape index (κ2) is 7.04. The molecule has 0 fully saturated rings. The Kier molecular flexibility index (Phi) is 5.11. The molecular weight excluding hydrogens is 266 g/mol. The number of anilines is 1. The minimum absolute atomic E-state index is 0.0130. The van der Waals surface area contributed by atoms with Gasteiger partial charge in [0, 0.05) is 18.5 Å². The molecule has 0 spiro atoms. The quantitative estimate of drug-likeness (QED) is 0.853. The van der Waals surface area contributed by atoms with Crippen LogP contribution in [0, 0.1) is 0 Å². The lowest BCUT2D eigenvalue weighted by Gasteiger charge is -2.12. The summed E-state index contributed by atoms with van der Waals surface area (Å²) in [5.41, 5.74) is 0.803. The first kappa shape index (κ1) is 15.3. The predicted molar refractivity (Wildman–Crippen MR) is 82.7 cm³/mol. The molecule has 5 nitrogen and oxygen atoms in total. The number of ether oxygens (including phenoxy) is 1. The molecule has 0 radical (unpaired) electrons. The molecule has 0 atom stereocenters. The third kappa shape index (κ3) is 4.16. The van der Waals surface area contributed by atoms with Crippen molar-refractivity contribution >= 4 is 5.82 Å². The number of rotatable bonds is 6. The van der Waals surface area contributed by atoms with Crippen LogP contribution in [0.1, 0.15) is 38.1 Å². The fourth-order valence-electron chi connectivity index (χ4n) is 1.85. The zero-order valence-electron chi connectivity index (χ0n) is 12.6. The van der Waals surface area contributed by atoms with Gasteiger partial charge in [0.25, 0.3) is 0 Å². The third-order valence-corrected chi connectivity index (χ3v) is 2.90. The van der Waals surface area contributed by atoms with Crippen molar-refractivity contribution in [2.75, 3.05) is 11.9 Å². The highest BCUT2D eigenvalue weighted by molar-refractivity contribution is 5.40. The van der Waals surface area contributed by atoms with Gasteiger partial charge in [-0.1, -0.05) is 26.0 Å². The topological polar surface area (TPSA) is 67.3 Å². The van der Waals surface area contributed by atoms with Crippen LogP contribution < -0.4 is 10.1 Å². The fourth-order valence-corrected chi connectivity index (χ4v) is 1.85. The Bertz CT molecular complexity index is 600. The van der Waals surface area contributed by atoms with Crippen LogP contribution in [-0.2, 0) is 6.61 Å². The molecule has 5 heteroatoms. The Hall–Kier alpha value is -2.14. The van der Waals surface area contributed by atoms with Gasteiger partial charge in [0.2, 0.25) is 5.88 Å². The number of aliphatic hydroxyl groups excluding tert-OH is 1. The SMILES string of the molecule is CCNc1cc(Oc2cccc(CO)c2)nc(C(C)C)n1. The van der Waals surface area contributed by atoms with Crippen LogP contribution in [-0.4, -0.2) is 21.6 Å². The minimum Gasteiger partial charge on any atom is -0.439 e. The van der Waals surface area contributed by atoms with E-state index < -0.39 is 0 Å². The molecule has 2 N–H and O–H groups in total. The van der Waals surface area contributed by atoms with Gasteiger partial charge in [-0.3, -0.25) is 0 Å². The standard InChI is InChI=1S/C16H21N3O2/c1-4-17-14-9-15(19-16(18-14)11(2)3)21-13-7-5-6-12(8-13)10-20/h5-9,11,20H,4,10H2,1-3H3,(H,17,18,19). The first-order valence-electron chi connectivity index (χ1n) is 7.13. The average Bonchev–Trinajstić information content (AvgIpc) is 2.47. The van der Waals surface area contributed by atoms with Gasteiger partial charge in [-0.25, -0.2) is 4.98 Å². The predicted octanol–water partition coefficient (Wildman–Crippen LogP) is 3.32.